The third-order valence-electron chi connectivity index (χ3n) is 2.54. The number of carbonyl (C=O) groups is 1. The second kappa shape index (κ2) is 7.10. The van der Waals surface area contributed by atoms with Crippen molar-refractivity contribution in [1.29, 1.82) is 0 Å². The molecule has 1 aromatic rings. The second-order valence-corrected chi connectivity index (χ2v) is 4.92. The van der Waals surface area contributed by atoms with Gasteiger partial charge in [0.15, 0.2) is 5.69 Å². The molecule has 0 atom stereocenters. The molecule has 0 saturated carbocycles. The van der Waals surface area contributed by atoms with Crippen molar-refractivity contribution in [3.8, 4) is 12.3 Å². The molecule has 1 aromatic heterocycles. The van der Waals surface area contributed by atoms with Crippen LogP contribution in [0.25, 0.3) is 0 Å². The number of nitrogens with zero attached hydrogens (tertiary/aromatic N) is 3. The van der Waals surface area contributed by atoms with Gasteiger partial charge < -0.3 is 4.90 Å². The van der Waals surface area contributed by atoms with Gasteiger partial charge in [-0.15, -0.1) is 6.42 Å². The molecular weight excluding hydrogens is 262 g/mol. The smallest absolute Gasteiger partial charge is 0.274 e. The van der Waals surface area contributed by atoms with Gasteiger partial charge in [0.1, 0.15) is 5.82 Å². The molecule has 1 amide bonds. The maximum Gasteiger partial charge on any atom is 0.274 e. The minimum Gasteiger partial charge on any atom is -0.326 e. The Morgan fingerprint density at radius 3 is 2.79 bits per heavy atom. The van der Waals surface area contributed by atoms with E-state index in [4.69, 9.17) is 18.0 Å². The summed E-state index contributed by atoms with van der Waals surface area (Å²) in [5.74, 6) is 2.97. The first-order valence-electron chi connectivity index (χ1n) is 6.26. The second-order valence-electron chi connectivity index (χ2n) is 4.51. The van der Waals surface area contributed by atoms with Crippen molar-refractivity contribution in [2.75, 3.05) is 13.1 Å². The number of amides is 1. The normalized spacial score (nSPS) is 10.3. The van der Waals surface area contributed by atoms with Crippen molar-refractivity contribution in [2.45, 2.75) is 33.1 Å². The maximum atomic E-state index is 12.4. The van der Waals surface area contributed by atoms with E-state index in [1.807, 2.05) is 20.8 Å². The Hall–Kier alpha value is -1.60. The van der Waals surface area contributed by atoms with Gasteiger partial charge in [0.05, 0.1) is 17.8 Å². The summed E-state index contributed by atoms with van der Waals surface area (Å²) in [5, 5.41) is 0.257. The number of carbonyl (C=O) groups excluding carboxylic acids is 1. The topological polar surface area (TPSA) is 46.1 Å². The molecule has 102 valence electrons. The Kier molecular flexibility index (Phi) is 5.78. The molecule has 0 fully saturated rings. The average Bonchev–Trinajstić information content (AvgIpc) is 2.38. The van der Waals surface area contributed by atoms with Gasteiger partial charge in [-0.3, -0.25) is 4.79 Å². The molecule has 0 N–H and O–H groups in total. The molecule has 5 heteroatoms. The van der Waals surface area contributed by atoms with E-state index in [0.717, 1.165) is 6.42 Å². The summed E-state index contributed by atoms with van der Waals surface area (Å²) >= 11 is 6.02. The molecule has 0 aromatic carbocycles. The fraction of sp³-hybridized carbons (Fsp3) is 0.500. The molecule has 19 heavy (non-hydrogen) atoms. The SMILES string of the molecule is C#CCN(CCC)C(=O)c1nc(C(C)C)ncc1Cl. The van der Waals surface area contributed by atoms with Crippen LogP contribution in [0.4, 0.5) is 0 Å². The summed E-state index contributed by atoms with van der Waals surface area (Å²) in [6, 6.07) is 0. The van der Waals surface area contributed by atoms with Crippen LogP contribution in [0.2, 0.25) is 5.02 Å². The lowest BCUT2D eigenvalue weighted by atomic mass is 10.2. The van der Waals surface area contributed by atoms with Crippen LogP contribution in [0.15, 0.2) is 6.20 Å². The fourth-order valence-corrected chi connectivity index (χ4v) is 1.76. The minimum atomic E-state index is -0.242. The van der Waals surface area contributed by atoms with E-state index >= 15 is 0 Å². The quantitative estimate of drug-likeness (QED) is 0.779. The van der Waals surface area contributed by atoms with E-state index in [1.54, 1.807) is 4.90 Å². The van der Waals surface area contributed by atoms with E-state index in [9.17, 15) is 4.79 Å². The zero-order chi connectivity index (χ0) is 14.4. The molecule has 0 aliphatic rings. The highest BCUT2D eigenvalue weighted by molar-refractivity contribution is 6.33. The van der Waals surface area contributed by atoms with Crippen LogP contribution in [-0.2, 0) is 0 Å². The molecule has 0 bridgehead atoms. The first kappa shape index (κ1) is 15.5. The number of hydrogen-bond acceptors (Lipinski definition) is 3. The number of hydrogen-bond donors (Lipinski definition) is 0. The molecule has 0 aliphatic heterocycles. The zero-order valence-corrected chi connectivity index (χ0v) is 12.2. The predicted molar refractivity (Wildman–Crippen MR) is 76.2 cm³/mol. The largest absolute Gasteiger partial charge is 0.326 e. The van der Waals surface area contributed by atoms with Crippen LogP contribution in [0, 0.1) is 12.3 Å². The Bertz CT molecular complexity index is 494. The molecule has 0 spiro atoms. The molecule has 0 saturated heterocycles. The van der Waals surface area contributed by atoms with Crippen LogP contribution in [0.3, 0.4) is 0 Å². The first-order chi connectivity index (χ1) is 9.01. The molecule has 1 rings (SSSR count). The van der Waals surface area contributed by atoms with E-state index in [-0.39, 0.29) is 29.1 Å². The van der Waals surface area contributed by atoms with Crippen LogP contribution < -0.4 is 0 Å². The average molecular weight is 280 g/mol. The Balaban J connectivity index is 3.09. The fourth-order valence-electron chi connectivity index (χ4n) is 1.59. The molecular formula is C14H18ClN3O. The standard InChI is InChI=1S/C14H18ClN3O/c1-5-7-18(8-6-2)14(19)12-11(15)9-16-13(17-12)10(3)4/h1,9-10H,6-8H2,2-4H3. The van der Waals surface area contributed by atoms with Crippen LogP contribution in [0.1, 0.15) is 49.4 Å². The van der Waals surface area contributed by atoms with Crippen molar-refractivity contribution in [3.63, 3.8) is 0 Å². The number of terminal acetylenes is 1. The lowest BCUT2D eigenvalue weighted by Gasteiger charge is -2.19. The third kappa shape index (κ3) is 3.93. The van der Waals surface area contributed by atoms with Crippen molar-refractivity contribution in [2.24, 2.45) is 0 Å². The summed E-state index contributed by atoms with van der Waals surface area (Å²) in [7, 11) is 0. The van der Waals surface area contributed by atoms with Crippen LogP contribution >= 0.6 is 11.6 Å². The Labute approximate surface area is 119 Å². The Morgan fingerprint density at radius 1 is 1.58 bits per heavy atom. The number of aromatic nitrogens is 2. The van der Waals surface area contributed by atoms with E-state index in [2.05, 4.69) is 15.9 Å². The maximum absolute atomic E-state index is 12.4. The van der Waals surface area contributed by atoms with E-state index in [0.29, 0.717) is 12.4 Å². The summed E-state index contributed by atoms with van der Waals surface area (Å²) in [4.78, 5) is 22.3. The van der Waals surface area contributed by atoms with Gasteiger partial charge in [-0.2, -0.15) is 0 Å². The lowest BCUT2D eigenvalue weighted by molar-refractivity contribution is 0.0770. The molecule has 0 unspecified atom stereocenters. The van der Waals surface area contributed by atoms with Crippen LogP contribution in [-0.4, -0.2) is 33.9 Å². The number of rotatable bonds is 5. The van der Waals surface area contributed by atoms with Gasteiger partial charge in [0.2, 0.25) is 0 Å². The lowest BCUT2D eigenvalue weighted by Crippen LogP contribution is -2.33. The highest BCUT2D eigenvalue weighted by atomic mass is 35.5. The van der Waals surface area contributed by atoms with E-state index in [1.165, 1.54) is 6.20 Å². The monoisotopic (exact) mass is 279 g/mol. The van der Waals surface area contributed by atoms with Gasteiger partial charge >= 0.3 is 0 Å². The highest BCUT2D eigenvalue weighted by Gasteiger charge is 2.20. The van der Waals surface area contributed by atoms with Crippen molar-refractivity contribution in [3.05, 3.63) is 22.7 Å². The summed E-state index contributed by atoms with van der Waals surface area (Å²) < 4.78 is 0. The minimum absolute atomic E-state index is 0.135. The third-order valence-corrected chi connectivity index (χ3v) is 2.82. The van der Waals surface area contributed by atoms with E-state index < -0.39 is 0 Å². The van der Waals surface area contributed by atoms with Gasteiger partial charge in [0.25, 0.3) is 5.91 Å². The number of halogens is 1. The summed E-state index contributed by atoms with van der Waals surface area (Å²) in [5.41, 5.74) is 0.226. The predicted octanol–water partition coefficient (Wildman–Crippen LogP) is 2.74. The van der Waals surface area contributed by atoms with Gasteiger partial charge in [0, 0.05) is 12.5 Å². The van der Waals surface area contributed by atoms with Crippen molar-refractivity contribution in [1.82, 2.24) is 14.9 Å². The van der Waals surface area contributed by atoms with Gasteiger partial charge in [-0.25, -0.2) is 9.97 Å². The first-order valence-corrected chi connectivity index (χ1v) is 6.64. The van der Waals surface area contributed by atoms with Crippen LogP contribution in [0.5, 0.6) is 0 Å². The van der Waals surface area contributed by atoms with Gasteiger partial charge in [-0.1, -0.05) is 38.3 Å². The molecule has 4 nitrogen and oxygen atoms in total. The summed E-state index contributed by atoms with van der Waals surface area (Å²) in [6.45, 7) is 6.74. The molecule has 1 heterocycles. The molecule has 0 radical (unpaired) electrons. The molecule has 0 aliphatic carbocycles. The van der Waals surface area contributed by atoms with Crippen molar-refractivity contribution < 1.29 is 4.79 Å². The van der Waals surface area contributed by atoms with Crippen molar-refractivity contribution >= 4 is 17.5 Å². The van der Waals surface area contributed by atoms with Gasteiger partial charge in [-0.05, 0) is 6.42 Å². The highest BCUT2D eigenvalue weighted by Crippen LogP contribution is 2.18. The summed E-state index contributed by atoms with van der Waals surface area (Å²) in [6.07, 6.45) is 7.58. The Morgan fingerprint density at radius 2 is 2.26 bits per heavy atom. The zero-order valence-electron chi connectivity index (χ0n) is 11.5.